The Labute approximate surface area is 194 Å². The van der Waals surface area contributed by atoms with Gasteiger partial charge in [-0.25, -0.2) is 0 Å². The Morgan fingerprint density at radius 1 is 0.353 bits per heavy atom. The first-order valence-corrected chi connectivity index (χ1v) is 11.5. The lowest BCUT2D eigenvalue weighted by Crippen LogP contribution is -1.89. The van der Waals surface area contributed by atoms with Crippen molar-refractivity contribution in [1.29, 1.82) is 0 Å². The van der Waals surface area contributed by atoms with Crippen LogP contribution < -0.4 is 0 Å². The van der Waals surface area contributed by atoms with Gasteiger partial charge in [0.25, 0.3) is 0 Å². The summed E-state index contributed by atoms with van der Waals surface area (Å²) >= 11 is 0. The molecule has 0 atom stereocenters. The zero-order chi connectivity index (χ0) is 22.6. The second-order valence-electron chi connectivity index (χ2n) is 9.21. The Kier molecular flexibility index (Phi) is 3.20. The zero-order valence-corrected chi connectivity index (χ0v) is 18.1. The molecule has 8 aromatic carbocycles. The molecule has 0 radical (unpaired) electrons. The van der Waals surface area contributed by atoms with Crippen LogP contribution >= 0.6 is 0 Å². The van der Waals surface area contributed by atoms with Gasteiger partial charge in [-0.2, -0.15) is 0 Å². The van der Waals surface area contributed by atoms with Crippen molar-refractivity contribution in [2.45, 2.75) is 0 Å². The van der Waals surface area contributed by atoms with Crippen LogP contribution in [0.1, 0.15) is 0 Å². The lowest BCUT2D eigenvalue weighted by Gasteiger charge is -2.17. The summed E-state index contributed by atoms with van der Waals surface area (Å²) in [7, 11) is 0. The molecule has 0 aromatic heterocycles. The molecule has 0 fully saturated rings. The maximum Gasteiger partial charge on any atom is 0.165 e. The highest BCUT2D eigenvalue weighted by molar-refractivity contribution is 6.39. The Bertz CT molecular complexity index is 2130. The first kappa shape index (κ1) is 17.9. The molecule has 0 amide bonds. The number of hydrogen-bond acceptors (Lipinski definition) is 2. The highest BCUT2D eigenvalue weighted by atomic mass is 16.3. The summed E-state index contributed by atoms with van der Waals surface area (Å²) in [6.07, 6.45) is 0. The van der Waals surface area contributed by atoms with E-state index in [9.17, 15) is 10.2 Å². The van der Waals surface area contributed by atoms with E-state index in [0.29, 0.717) is 5.39 Å². The van der Waals surface area contributed by atoms with Gasteiger partial charge in [-0.3, -0.25) is 0 Å². The predicted molar refractivity (Wildman–Crippen MR) is 143 cm³/mol. The minimum Gasteiger partial charge on any atom is -0.504 e. The van der Waals surface area contributed by atoms with Crippen molar-refractivity contribution in [2.24, 2.45) is 0 Å². The monoisotopic (exact) mass is 434 g/mol. The molecule has 8 aromatic rings. The van der Waals surface area contributed by atoms with Crippen LogP contribution in [0.2, 0.25) is 0 Å². The molecule has 0 heterocycles. The highest BCUT2D eigenvalue weighted by Gasteiger charge is 2.17. The van der Waals surface area contributed by atoms with Crippen LogP contribution in [0.5, 0.6) is 11.5 Å². The van der Waals surface area contributed by atoms with Gasteiger partial charge >= 0.3 is 0 Å². The van der Waals surface area contributed by atoms with E-state index in [1.54, 1.807) is 6.07 Å². The van der Waals surface area contributed by atoms with E-state index in [-0.39, 0.29) is 11.5 Å². The second kappa shape index (κ2) is 6.06. The average molecular weight is 434 g/mol. The van der Waals surface area contributed by atoms with E-state index >= 15 is 0 Å². The van der Waals surface area contributed by atoms with Crippen molar-refractivity contribution in [2.75, 3.05) is 0 Å². The molecule has 2 N–H and O–H groups in total. The fraction of sp³-hybridized carbons (Fsp3) is 0. The van der Waals surface area contributed by atoms with E-state index < -0.39 is 0 Å². The molecule has 0 aliphatic heterocycles. The summed E-state index contributed by atoms with van der Waals surface area (Å²) in [6.45, 7) is 0. The fourth-order valence-corrected chi connectivity index (χ4v) is 6.13. The molecule has 0 spiro atoms. The van der Waals surface area contributed by atoms with Crippen LogP contribution in [-0.2, 0) is 0 Å². The van der Waals surface area contributed by atoms with Crippen LogP contribution in [0.3, 0.4) is 0 Å². The van der Waals surface area contributed by atoms with E-state index in [0.717, 1.165) is 16.2 Å². The highest BCUT2D eigenvalue weighted by Crippen LogP contribution is 2.46. The predicted octanol–water partition coefficient (Wildman–Crippen LogP) is 8.61. The van der Waals surface area contributed by atoms with Crippen molar-refractivity contribution in [3.05, 3.63) is 97.1 Å². The van der Waals surface area contributed by atoms with Gasteiger partial charge < -0.3 is 10.2 Å². The number of aromatic hydroxyl groups is 2. The molecule has 0 aliphatic rings. The summed E-state index contributed by atoms with van der Waals surface area (Å²) in [5.41, 5.74) is 0. The van der Waals surface area contributed by atoms with Crippen molar-refractivity contribution in [3.63, 3.8) is 0 Å². The van der Waals surface area contributed by atoms with Crippen molar-refractivity contribution < 1.29 is 10.2 Å². The normalized spacial score (nSPS) is 12.4. The number of hydrogen-bond donors (Lipinski definition) is 2. The minimum absolute atomic E-state index is 0.0685. The van der Waals surface area contributed by atoms with Crippen LogP contribution in [-0.4, -0.2) is 10.2 Å². The summed E-state index contributed by atoms with van der Waals surface area (Å²) < 4.78 is 0. The topological polar surface area (TPSA) is 40.5 Å². The van der Waals surface area contributed by atoms with E-state index in [4.69, 9.17) is 0 Å². The van der Waals surface area contributed by atoms with Gasteiger partial charge in [-0.1, -0.05) is 72.8 Å². The summed E-state index contributed by atoms with van der Waals surface area (Å²) in [5, 5.41) is 36.9. The summed E-state index contributed by atoms with van der Waals surface area (Å²) in [4.78, 5) is 0. The van der Waals surface area contributed by atoms with Gasteiger partial charge in [0, 0.05) is 5.39 Å². The lowest BCUT2D eigenvalue weighted by molar-refractivity contribution is 0.408. The van der Waals surface area contributed by atoms with E-state index in [1.807, 2.05) is 12.1 Å². The smallest absolute Gasteiger partial charge is 0.165 e. The quantitative estimate of drug-likeness (QED) is 0.142. The third-order valence-electron chi connectivity index (χ3n) is 7.57. The van der Waals surface area contributed by atoms with E-state index in [2.05, 4.69) is 78.9 Å². The van der Waals surface area contributed by atoms with Gasteiger partial charge in [0.2, 0.25) is 0 Å². The van der Waals surface area contributed by atoms with Gasteiger partial charge in [-0.15, -0.1) is 0 Å². The standard InChI is InChI=1S/C32H18O2/c33-28-15-14-20-19-10-12-24-27(21(19)11-13-25(20)32(28)34)16-18-6-3-8-23-22-7-1-4-17-5-2-9-26(29(17)22)31(24)30(18)23/h1-16,33-34H. The molecule has 0 saturated carbocycles. The van der Waals surface area contributed by atoms with Crippen molar-refractivity contribution in [3.8, 4) is 11.5 Å². The molecule has 158 valence electrons. The molecule has 2 nitrogen and oxygen atoms in total. The molecule has 34 heavy (non-hydrogen) atoms. The molecule has 0 saturated heterocycles. The second-order valence-corrected chi connectivity index (χ2v) is 9.21. The van der Waals surface area contributed by atoms with Crippen molar-refractivity contribution in [1.82, 2.24) is 0 Å². The third kappa shape index (κ3) is 2.06. The number of phenolic OH excluding ortho intramolecular Hbond substituents is 2. The average Bonchev–Trinajstić information content (AvgIpc) is 2.88. The largest absolute Gasteiger partial charge is 0.504 e. The maximum absolute atomic E-state index is 10.4. The zero-order valence-electron chi connectivity index (χ0n) is 18.1. The van der Waals surface area contributed by atoms with Gasteiger partial charge in [0.05, 0.1) is 0 Å². The molecular weight excluding hydrogens is 416 g/mol. The summed E-state index contributed by atoms with van der Waals surface area (Å²) in [5.74, 6) is -0.164. The maximum atomic E-state index is 10.4. The van der Waals surface area contributed by atoms with Gasteiger partial charge in [0.1, 0.15) is 0 Å². The number of phenols is 2. The first-order chi connectivity index (χ1) is 16.7. The van der Waals surface area contributed by atoms with Crippen LogP contribution in [0.15, 0.2) is 97.1 Å². The van der Waals surface area contributed by atoms with Gasteiger partial charge in [-0.05, 0) is 94.3 Å². The Morgan fingerprint density at radius 2 is 0.882 bits per heavy atom. The molecule has 8 rings (SSSR count). The number of benzene rings is 8. The summed E-state index contributed by atoms with van der Waals surface area (Å²) in [6, 6.07) is 33.9. The number of rotatable bonds is 0. The van der Waals surface area contributed by atoms with Crippen LogP contribution in [0.4, 0.5) is 0 Å². The van der Waals surface area contributed by atoms with E-state index in [1.165, 1.54) is 53.9 Å². The van der Waals surface area contributed by atoms with Crippen LogP contribution in [0, 0.1) is 0 Å². The Balaban J connectivity index is 1.68. The minimum atomic E-state index is -0.0950. The fourth-order valence-electron chi connectivity index (χ4n) is 6.13. The van der Waals surface area contributed by atoms with Gasteiger partial charge in [0.15, 0.2) is 11.5 Å². The SMILES string of the molecule is Oc1ccc2c(ccc3c2ccc2c3cc3cccc4c5cccc6cccc(c65)c2c34)c1O. The lowest BCUT2D eigenvalue weighted by atomic mass is 9.86. The number of fused-ring (bicyclic) bond motifs is 8. The third-order valence-corrected chi connectivity index (χ3v) is 7.57. The molecular formula is C32H18O2. The first-order valence-electron chi connectivity index (χ1n) is 11.5. The molecule has 2 heteroatoms. The molecule has 0 aliphatic carbocycles. The van der Waals surface area contributed by atoms with Crippen LogP contribution in [0.25, 0.3) is 75.4 Å². The molecule has 0 bridgehead atoms. The molecule has 0 unspecified atom stereocenters. The Morgan fingerprint density at radius 3 is 1.68 bits per heavy atom. The Hall–Kier alpha value is -4.56. The van der Waals surface area contributed by atoms with Crippen molar-refractivity contribution >= 4 is 75.4 Å².